The van der Waals surface area contributed by atoms with E-state index in [0.717, 1.165) is 17.1 Å². The van der Waals surface area contributed by atoms with E-state index in [1.54, 1.807) is 42.1 Å². The summed E-state index contributed by atoms with van der Waals surface area (Å²) in [6.45, 7) is 4.20. The molecule has 0 fully saturated rings. The summed E-state index contributed by atoms with van der Waals surface area (Å²) >= 11 is 19.8. The Morgan fingerprint density at radius 2 is 1.81 bits per heavy atom. The molecule has 0 spiro atoms. The molecule has 1 N–H and O–H groups in total. The molecule has 0 radical (unpaired) electrons. The molecule has 9 heteroatoms. The summed E-state index contributed by atoms with van der Waals surface area (Å²) < 4.78 is 1.92. The van der Waals surface area contributed by atoms with Crippen molar-refractivity contribution in [2.75, 3.05) is 0 Å². The molecule has 3 aromatic rings. The van der Waals surface area contributed by atoms with Crippen LogP contribution in [0.25, 0.3) is 0 Å². The summed E-state index contributed by atoms with van der Waals surface area (Å²) in [6.07, 6.45) is 0.722. The SMILES string of the molecule is CC(C)C[C@H](NC(=O)c1ccccc1Cl)c1nnc(SCc2ccc(Cl)c(Cl)c2)n1C. The van der Waals surface area contributed by atoms with E-state index in [-0.39, 0.29) is 11.9 Å². The van der Waals surface area contributed by atoms with Crippen LogP contribution in [0, 0.1) is 5.92 Å². The number of aromatic nitrogens is 3. The molecule has 0 saturated heterocycles. The summed E-state index contributed by atoms with van der Waals surface area (Å²) in [5.74, 6) is 1.49. The van der Waals surface area contributed by atoms with Crippen molar-refractivity contribution < 1.29 is 4.79 Å². The zero-order valence-electron chi connectivity index (χ0n) is 17.4. The van der Waals surface area contributed by atoms with Gasteiger partial charge < -0.3 is 9.88 Å². The lowest BCUT2D eigenvalue weighted by Gasteiger charge is -2.20. The number of carbonyl (C=O) groups is 1. The highest BCUT2D eigenvalue weighted by molar-refractivity contribution is 7.98. The molecular weight excluding hydrogens is 475 g/mol. The first kappa shape index (κ1) is 23.9. The van der Waals surface area contributed by atoms with Crippen LogP contribution in [0.2, 0.25) is 15.1 Å². The lowest BCUT2D eigenvalue weighted by atomic mass is 10.0. The number of carbonyl (C=O) groups excluding carboxylic acids is 1. The van der Waals surface area contributed by atoms with Gasteiger partial charge in [0.1, 0.15) is 0 Å². The topological polar surface area (TPSA) is 59.8 Å². The number of amides is 1. The van der Waals surface area contributed by atoms with Gasteiger partial charge in [0.25, 0.3) is 5.91 Å². The maximum Gasteiger partial charge on any atom is 0.253 e. The fraction of sp³-hybridized carbons (Fsp3) is 0.318. The number of rotatable bonds is 8. The van der Waals surface area contributed by atoms with E-state index in [1.165, 1.54) is 0 Å². The summed E-state index contributed by atoms with van der Waals surface area (Å²) in [5.41, 5.74) is 1.48. The van der Waals surface area contributed by atoms with E-state index >= 15 is 0 Å². The van der Waals surface area contributed by atoms with Gasteiger partial charge in [-0.15, -0.1) is 10.2 Å². The molecule has 0 saturated carbocycles. The Kier molecular flexibility index (Phi) is 8.28. The molecule has 164 valence electrons. The highest BCUT2D eigenvalue weighted by Gasteiger charge is 2.24. The zero-order chi connectivity index (χ0) is 22.5. The average molecular weight is 498 g/mol. The van der Waals surface area contributed by atoms with Crippen molar-refractivity contribution in [3.05, 3.63) is 74.5 Å². The lowest BCUT2D eigenvalue weighted by molar-refractivity contribution is 0.0929. The third kappa shape index (κ3) is 6.16. The monoisotopic (exact) mass is 496 g/mol. The quantitative estimate of drug-likeness (QED) is 0.357. The summed E-state index contributed by atoms with van der Waals surface area (Å²) in [7, 11) is 1.90. The van der Waals surface area contributed by atoms with Crippen molar-refractivity contribution in [1.29, 1.82) is 0 Å². The number of nitrogens with one attached hydrogen (secondary N) is 1. The molecule has 5 nitrogen and oxygen atoms in total. The number of benzene rings is 2. The van der Waals surface area contributed by atoms with Gasteiger partial charge in [0.2, 0.25) is 0 Å². The van der Waals surface area contributed by atoms with Crippen molar-refractivity contribution in [2.24, 2.45) is 13.0 Å². The number of hydrogen-bond donors (Lipinski definition) is 1. The molecule has 1 atom stereocenters. The number of nitrogens with zero attached hydrogens (tertiary/aromatic N) is 3. The fourth-order valence-electron chi connectivity index (χ4n) is 3.11. The van der Waals surface area contributed by atoms with Gasteiger partial charge in [-0.1, -0.05) is 78.6 Å². The molecule has 0 unspecified atom stereocenters. The first-order valence-corrected chi connectivity index (χ1v) is 11.9. The molecular formula is C22H23Cl3N4OS. The zero-order valence-corrected chi connectivity index (χ0v) is 20.5. The Labute approximate surface area is 201 Å². The van der Waals surface area contributed by atoms with Gasteiger partial charge in [0, 0.05) is 12.8 Å². The lowest BCUT2D eigenvalue weighted by Crippen LogP contribution is -2.31. The Morgan fingerprint density at radius 1 is 1.06 bits per heavy atom. The first-order chi connectivity index (χ1) is 14.8. The number of halogens is 3. The van der Waals surface area contributed by atoms with Crippen molar-refractivity contribution in [3.8, 4) is 0 Å². The first-order valence-electron chi connectivity index (χ1n) is 9.77. The minimum absolute atomic E-state index is 0.232. The van der Waals surface area contributed by atoms with Crippen LogP contribution in [0.5, 0.6) is 0 Å². The van der Waals surface area contributed by atoms with E-state index < -0.39 is 0 Å². The third-order valence-corrected chi connectivity index (χ3v) is 6.82. The largest absolute Gasteiger partial charge is 0.342 e. The second-order valence-corrected chi connectivity index (χ2v) is 9.74. The summed E-state index contributed by atoms with van der Waals surface area (Å²) in [5, 5.41) is 14.0. The smallest absolute Gasteiger partial charge is 0.253 e. The Morgan fingerprint density at radius 3 is 2.48 bits per heavy atom. The van der Waals surface area contributed by atoms with Crippen LogP contribution in [-0.4, -0.2) is 20.7 Å². The van der Waals surface area contributed by atoms with Crippen LogP contribution in [-0.2, 0) is 12.8 Å². The minimum Gasteiger partial charge on any atom is -0.342 e. The van der Waals surface area contributed by atoms with Crippen LogP contribution in [0.4, 0.5) is 0 Å². The molecule has 0 aliphatic heterocycles. The van der Waals surface area contributed by atoms with E-state index in [4.69, 9.17) is 34.8 Å². The molecule has 0 bridgehead atoms. The standard InChI is InChI=1S/C22H23Cl3N4OS/c1-13(2)10-19(26-21(30)15-6-4-5-7-16(15)23)20-27-28-22(29(20)3)31-12-14-8-9-17(24)18(25)11-14/h4-9,11,13,19H,10,12H2,1-3H3,(H,26,30)/t19-/m0/s1. The predicted octanol–water partition coefficient (Wildman–Crippen LogP) is 6.58. The van der Waals surface area contributed by atoms with Crippen molar-refractivity contribution in [2.45, 2.75) is 37.2 Å². The molecule has 1 aromatic heterocycles. The van der Waals surface area contributed by atoms with Crippen LogP contribution in [0.1, 0.15) is 48.1 Å². The van der Waals surface area contributed by atoms with Gasteiger partial charge in [-0.3, -0.25) is 4.79 Å². The van der Waals surface area contributed by atoms with Crippen LogP contribution >= 0.6 is 46.6 Å². The number of hydrogen-bond acceptors (Lipinski definition) is 4. The predicted molar refractivity (Wildman–Crippen MR) is 128 cm³/mol. The Hall–Kier alpha value is -1.73. The van der Waals surface area contributed by atoms with Gasteiger partial charge in [-0.05, 0) is 42.2 Å². The van der Waals surface area contributed by atoms with Crippen molar-refractivity contribution >= 4 is 52.5 Å². The molecule has 1 amide bonds. The van der Waals surface area contributed by atoms with E-state index in [0.29, 0.717) is 38.1 Å². The van der Waals surface area contributed by atoms with Crippen LogP contribution in [0.3, 0.4) is 0 Å². The van der Waals surface area contributed by atoms with E-state index in [2.05, 4.69) is 29.4 Å². The highest BCUT2D eigenvalue weighted by Crippen LogP contribution is 2.29. The number of thioether (sulfide) groups is 1. The van der Waals surface area contributed by atoms with Gasteiger partial charge in [0.15, 0.2) is 11.0 Å². The molecule has 0 aliphatic rings. The average Bonchev–Trinajstić information content (AvgIpc) is 3.08. The van der Waals surface area contributed by atoms with Crippen LogP contribution in [0.15, 0.2) is 47.6 Å². The van der Waals surface area contributed by atoms with E-state index in [1.807, 2.05) is 23.7 Å². The molecule has 3 rings (SSSR count). The molecule has 0 aliphatic carbocycles. The second kappa shape index (κ2) is 10.7. The van der Waals surface area contributed by atoms with Gasteiger partial charge in [-0.25, -0.2) is 0 Å². The second-order valence-electron chi connectivity index (χ2n) is 7.57. The summed E-state index contributed by atoms with van der Waals surface area (Å²) in [4.78, 5) is 12.8. The van der Waals surface area contributed by atoms with Crippen molar-refractivity contribution in [3.63, 3.8) is 0 Å². The minimum atomic E-state index is -0.291. The Bertz CT molecular complexity index is 1070. The van der Waals surface area contributed by atoms with Crippen molar-refractivity contribution in [1.82, 2.24) is 20.1 Å². The van der Waals surface area contributed by atoms with Gasteiger partial charge >= 0.3 is 0 Å². The van der Waals surface area contributed by atoms with Gasteiger partial charge in [-0.2, -0.15) is 0 Å². The van der Waals surface area contributed by atoms with Crippen LogP contribution < -0.4 is 5.32 Å². The maximum atomic E-state index is 12.8. The van der Waals surface area contributed by atoms with Gasteiger partial charge in [0.05, 0.1) is 26.7 Å². The fourth-order valence-corrected chi connectivity index (χ4v) is 4.52. The summed E-state index contributed by atoms with van der Waals surface area (Å²) in [6, 6.07) is 12.3. The Balaban J connectivity index is 1.77. The normalized spacial score (nSPS) is 12.2. The molecule has 2 aromatic carbocycles. The molecule has 1 heterocycles. The maximum absolute atomic E-state index is 12.8. The highest BCUT2D eigenvalue weighted by atomic mass is 35.5. The third-order valence-electron chi connectivity index (χ3n) is 4.66. The molecule has 31 heavy (non-hydrogen) atoms. The van der Waals surface area contributed by atoms with E-state index in [9.17, 15) is 4.79 Å².